The summed E-state index contributed by atoms with van der Waals surface area (Å²) in [6.07, 6.45) is 3.46. The van der Waals surface area contributed by atoms with E-state index in [-0.39, 0.29) is 120 Å². The number of rotatable bonds is 31. The van der Waals surface area contributed by atoms with Crippen LogP contribution in [0.15, 0.2) is 32.5 Å². The van der Waals surface area contributed by atoms with E-state index in [9.17, 15) is 63.3 Å². The van der Waals surface area contributed by atoms with E-state index in [1.54, 1.807) is 17.5 Å². The van der Waals surface area contributed by atoms with Gasteiger partial charge in [-0.3, -0.25) is 58.1 Å². The molecule has 1 aliphatic carbocycles. The number of thiophene rings is 1. The molecule has 0 aromatic carbocycles. The number of amides is 9. The summed E-state index contributed by atoms with van der Waals surface area (Å²) in [6.45, 7) is 0.0554. The Labute approximate surface area is 495 Å². The first kappa shape index (κ1) is 67.9. The summed E-state index contributed by atoms with van der Waals surface area (Å²) >= 11 is 1.26. The Kier molecular flexibility index (Phi) is 26.3. The van der Waals surface area contributed by atoms with Crippen LogP contribution in [0.1, 0.15) is 102 Å². The molecule has 3 aliphatic heterocycles. The van der Waals surface area contributed by atoms with Crippen molar-refractivity contribution in [1.29, 1.82) is 0 Å². The fraction of sp³-hybridized carbons (Fsp3) is 0.673. The summed E-state index contributed by atoms with van der Waals surface area (Å²) in [5.41, 5.74) is 38.6. The van der Waals surface area contributed by atoms with Gasteiger partial charge in [0.25, 0.3) is 0 Å². The van der Waals surface area contributed by atoms with Crippen molar-refractivity contribution in [3.63, 3.8) is 0 Å². The van der Waals surface area contributed by atoms with Crippen LogP contribution in [0.4, 0.5) is 0 Å². The number of aliphatic hydroxyl groups excluding tert-OH is 2. The van der Waals surface area contributed by atoms with E-state index < -0.39 is 133 Å². The largest absolute Gasteiger partial charge is 0.480 e. The average molecular weight is 1220 g/mol. The predicted octanol–water partition coefficient (Wildman–Crippen LogP) is -6.47. The van der Waals surface area contributed by atoms with Gasteiger partial charge in [0.15, 0.2) is 17.9 Å². The van der Waals surface area contributed by atoms with Crippen LogP contribution in [0.25, 0.3) is 0 Å². The Bertz CT molecular complexity index is 2600. The normalized spacial score (nSPS) is 22.0. The van der Waals surface area contributed by atoms with Crippen molar-refractivity contribution in [2.45, 2.75) is 170 Å². The molecule has 3 saturated heterocycles. The minimum Gasteiger partial charge on any atom is -0.480 e. The fourth-order valence-corrected chi connectivity index (χ4v) is 11.9. The molecule has 472 valence electrons. The monoisotopic (exact) mass is 1220 g/mol. The molecule has 5 rings (SSSR count). The Morgan fingerprint density at radius 3 is 1.89 bits per heavy atom. The number of likely N-dealkylation sites (tertiary alicyclic amines) is 3. The third-order valence-electron chi connectivity index (χ3n) is 15.4. The first-order valence-electron chi connectivity index (χ1n) is 28.6. The van der Waals surface area contributed by atoms with Crippen LogP contribution in [-0.4, -0.2) is 219 Å². The number of fused-ring (bicyclic) bond motifs is 1. The number of guanidine groups is 3. The number of nitrogens with zero attached hydrogens (tertiary/aromatic N) is 6. The quantitative estimate of drug-likeness (QED) is 0.0187. The zero-order valence-corrected chi connectivity index (χ0v) is 48.6. The van der Waals surface area contributed by atoms with Crippen molar-refractivity contribution in [2.24, 2.45) is 61.0 Å². The van der Waals surface area contributed by atoms with Crippen LogP contribution >= 0.6 is 11.3 Å². The van der Waals surface area contributed by atoms with Crippen LogP contribution in [0.5, 0.6) is 0 Å². The van der Waals surface area contributed by atoms with Gasteiger partial charge in [-0.15, -0.1) is 11.3 Å². The van der Waals surface area contributed by atoms with Crippen molar-refractivity contribution >= 4 is 88.3 Å². The maximum Gasteiger partial charge on any atom is 0.326 e. The average Bonchev–Trinajstić information content (AvgIpc) is 2.21. The lowest BCUT2D eigenvalue weighted by atomic mass is 9.84. The molecule has 23 N–H and O–H groups in total. The van der Waals surface area contributed by atoms with Gasteiger partial charge in [0.1, 0.15) is 48.3 Å². The van der Waals surface area contributed by atoms with Crippen LogP contribution in [0.2, 0.25) is 0 Å². The minimum atomic E-state index is -1.65. The van der Waals surface area contributed by atoms with Gasteiger partial charge in [0, 0.05) is 56.5 Å². The summed E-state index contributed by atoms with van der Waals surface area (Å²) in [6, 6.07) is -8.22. The molecule has 0 spiro atoms. The number of aliphatic imine (C=N–C) groups is 3. The Morgan fingerprint density at radius 2 is 1.28 bits per heavy atom. The van der Waals surface area contributed by atoms with Crippen LogP contribution < -0.4 is 72.0 Å². The van der Waals surface area contributed by atoms with Gasteiger partial charge in [0.05, 0.1) is 25.3 Å². The number of hydrogen-bond donors (Lipinski definition) is 16. The number of carboxylic acids is 1. The number of aliphatic carboxylic acids is 1. The maximum atomic E-state index is 14.3. The van der Waals surface area contributed by atoms with Crippen molar-refractivity contribution < 1.29 is 63.3 Å². The Hall–Kier alpha value is -7.91. The van der Waals surface area contributed by atoms with Crippen LogP contribution in [0.3, 0.4) is 0 Å². The van der Waals surface area contributed by atoms with Crippen molar-refractivity contribution in [2.75, 3.05) is 45.9 Å². The Morgan fingerprint density at radius 1 is 0.671 bits per heavy atom. The molecule has 1 aromatic rings. The minimum absolute atomic E-state index is 0.00472. The van der Waals surface area contributed by atoms with Crippen molar-refractivity contribution in [3.05, 3.63) is 22.4 Å². The van der Waals surface area contributed by atoms with Crippen LogP contribution in [-0.2, 0) is 54.4 Å². The number of nitrogens with one attached hydrogen (secondary N) is 6. The second-order valence-corrected chi connectivity index (χ2v) is 22.7. The van der Waals surface area contributed by atoms with E-state index in [0.29, 0.717) is 24.1 Å². The number of hydrogen-bond acceptors (Lipinski definition) is 17. The van der Waals surface area contributed by atoms with Crippen molar-refractivity contribution in [1.82, 2.24) is 46.6 Å². The molecule has 12 atom stereocenters. The van der Waals surface area contributed by atoms with Gasteiger partial charge in [0.2, 0.25) is 53.2 Å². The van der Waals surface area contributed by atoms with E-state index in [4.69, 9.17) is 40.1 Å². The molecule has 9 amide bonds. The molecule has 0 radical (unpaired) electrons. The highest BCUT2D eigenvalue weighted by atomic mass is 32.1. The molecule has 4 aliphatic rings. The number of nitrogens with two attached hydrogens (primary N) is 7. The van der Waals surface area contributed by atoms with Gasteiger partial charge in [-0.2, -0.15) is 0 Å². The third-order valence-corrected chi connectivity index (χ3v) is 16.3. The number of carboxylic acid groups (broad SMARTS) is 1. The summed E-state index contributed by atoms with van der Waals surface area (Å²) in [5.74, 6) is -8.58. The highest BCUT2D eigenvalue weighted by molar-refractivity contribution is 7.09. The zero-order valence-electron chi connectivity index (χ0n) is 47.8. The van der Waals surface area contributed by atoms with Crippen LogP contribution in [0, 0.1) is 5.92 Å². The van der Waals surface area contributed by atoms with Gasteiger partial charge in [-0.25, -0.2) is 4.79 Å². The number of carbonyl (C=O) groups is 10. The van der Waals surface area contributed by atoms with Gasteiger partial charge >= 0.3 is 5.97 Å². The molecule has 85 heavy (non-hydrogen) atoms. The molecule has 32 nitrogen and oxygen atoms in total. The summed E-state index contributed by atoms with van der Waals surface area (Å²) in [5, 5.41) is 48.1. The topological polar surface area (TPSA) is 533 Å². The first-order valence-corrected chi connectivity index (χ1v) is 29.5. The molecule has 0 unspecified atom stereocenters. The summed E-state index contributed by atoms with van der Waals surface area (Å²) < 4.78 is 0. The van der Waals surface area contributed by atoms with E-state index in [1.165, 1.54) is 28.1 Å². The zero-order chi connectivity index (χ0) is 62.5. The SMILES string of the molecule is C[C@H](NC(=O)[C@H](CO)NC(=O)[C@H](Cc1cccs1)NC(=O)CNC(=O)[C@@H]1C[C@H](O)CN1C(=O)[C@@H]1CCCN1C(=O)[C@H](CCCN=C(N)N)NC(=O)[C@H](N)CCCN=C(N)N)C(=O)N1[C@H](C(=O)N[C@@H](CCCN=C(N)N)C(=O)O)C[C@@H]2CCCC[C@@H]21. The molecule has 1 saturated carbocycles. The van der Waals surface area contributed by atoms with Gasteiger partial charge in [-0.1, -0.05) is 18.9 Å². The summed E-state index contributed by atoms with van der Waals surface area (Å²) in [7, 11) is 0. The lowest BCUT2D eigenvalue weighted by Gasteiger charge is -2.35. The van der Waals surface area contributed by atoms with Crippen molar-refractivity contribution in [3.8, 4) is 0 Å². The lowest BCUT2D eigenvalue weighted by molar-refractivity contribution is -0.148. The molecule has 4 heterocycles. The predicted molar refractivity (Wildman–Crippen MR) is 311 cm³/mol. The molecule has 4 fully saturated rings. The fourth-order valence-electron chi connectivity index (χ4n) is 11.2. The van der Waals surface area contributed by atoms with Gasteiger partial charge in [-0.05, 0) is 94.9 Å². The number of carbonyl (C=O) groups excluding carboxylic acids is 9. The molecule has 1 aromatic heterocycles. The first-order chi connectivity index (χ1) is 40.4. The molecular weight excluding hydrogens is 1130 g/mol. The van der Waals surface area contributed by atoms with Gasteiger partial charge < -0.3 is 102 Å². The second kappa shape index (κ2) is 33.0. The van der Waals surface area contributed by atoms with E-state index in [1.807, 2.05) is 0 Å². The lowest BCUT2D eigenvalue weighted by Crippen LogP contribution is -2.60. The molecule has 33 heteroatoms. The highest BCUT2D eigenvalue weighted by Crippen LogP contribution is 2.40. The van der Waals surface area contributed by atoms with E-state index in [0.717, 1.165) is 24.2 Å². The summed E-state index contributed by atoms with van der Waals surface area (Å²) in [4.78, 5) is 153. The maximum absolute atomic E-state index is 14.3. The standard InChI is InChI=1S/C52H85N19O13S/c1-27(46(80)71-36-14-3-2-9-28(36)21-39(71)45(79)67-33(49(83)84)13-6-18-62-52(58)59)64-43(77)35(26-72)68-42(76)34(23-30-10-8-20-85-30)65-40(74)24-63-44(78)38-22-29(73)25-70(38)48(82)37-15-7-19-69(37)47(81)32(12-5-17-61-51(56)57)66-41(75)31(53)11-4-16-60-50(54)55/h8,10,20,27-29,31-39,72-73H,2-7,9,11-19,21-26,53H2,1H3,(H,63,78)(H,64,77)(H,65,74)(H,66,75)(H,67,79)(H,68,76)(H,83,84)(H4,54,55,60)(H4,56,57,61)(H4,58,59,62)/t27-,28-,29-,31+,32-,33-,34-,35-,36-,37-,38-,39-/m0/s1. The third kappa shape index (κ3) is 20.1. The highest BCUT2D eigenvalue weighted by Gasteiger charge is 2.50. The smallest absolute Gasteiger partial charge is 0.326 e. The second-order valence-electron chi connectivity index (χ2n) is 21.7. The van der Waals surface area contributed by atoms with E-state index in [2.05, 4.69) is 46.9 Å². The van der Waals surface area contributed by atoms with E-state index >= 15 is 0 Å². The number of β-amino-alcohol motifs (C(OH)–C–C–N with tert-alkyl or cyclic N) is 1. The molecular formula is C52H85N19O13S. The molecule has 0 bridgehead atoms. The Balaban J connectivity index is 1.20. The number of aliphatic hydroxyl groups is 2.